The normalized spacial score (nSPS) is 15.2. The maximum atomic E-state index is 11.8. The Hall–Kier alpha value is -1.55. The Morgan fingerprint density at radius 2 is 2.06 bits per heavy atom. The number of ether oxygens (including phenoxy) is 1. The fraction of sp³-hybridized carbons (Fsp3) is 0.462. The molecule has 1 saturated heterocycles. The van der Waals surface area contributed by atoms with Crippen molar-refractivity contribution in [1.82, 2.24) is 5.32 Å². The standard InChI is InChI=1S/C13H18N2O2/c1-8-5-12(17-3)9(2)4-11(8)15-13(16)10-6-14-7-10/h4-5,10,14H,6-7H2,1-3H3,(H,15,16). The highest BCUT2D eigenvalue weighted by atomic mass is 16.5. The van der Waals surface area contributed by atoms with Crippen molar-refractivity contribution in [3.8, 4) is 5.75 Å². The second-order valence-electron chi connectivity index (χ2n) is 4.48. The van der Waals surface area contributed by atoms with Gasteiger partial charge < -0.3 is 15.4 Å². The van der Waals surface area contributed by atoms with Crippen molar-refractivity contribution in [3.63, 3.8) is 0 Å². The maximum absolute atomic E-state index is 11.8. The molecular formula is C13H18N2O2. The molecular weight excluding hydrogens is 216 g/mol. The summed E-state index contributed by atoms with van der Waals surface area (Å²) in [6, 6.07) is 3.90. The van der Waals surface area contributed by atoms with E-state index < -0.39 is 0 Å². The van der Waals surface area contributed by atoms with Crippen molar-refractivity contribution >= 4 is 11.6 Å². The van der Waals surface area contributed by atoms with Crippen molar-refractivity contribution < 1.29 is 9.53 Å². The summed E-state index contributed by atoms with van der Waals surface area (Å²) in [7, 11) is 1.65. The largest absolute Gasteiger partial charge is 0.496 e. The molecule has 4 nitrogen and oxygen atoms in total. The average Bonchev–Trinajstić information content (AvgIpc) is 2.20. The van der Waals surface area contributed by atoms with Gasteiger partial charge in [-0.25, -0.2) is 0 Å². The average molecular weight is 234 g/mol. The van der Waals surface area contributed by atoms with E-state index in [-0.39, 0.29) is 11.8 Å². The predicted octanol–water partition coefficient (Wildman–Crippen LogP) is 1.47. The number of carbonyl (C=O) groups excluding carboxylic acids is 1. The number of anilines is 1. The van der Waals surface area contributed by atoms with E-state index in [1.807, 2.05) is 26.0 Å². The molecule has 0 unspecified atom stereocenters. The first-order chi connectivity index (χ1) is 8.11. The Morgan fingerprint density at radius 1 is 1.35 bits per heavy atom. The van der Waals surface area contributed by atoms with E-state index in [1.54, 1.807) is 7.11 Å². The minimum Gasteiger partial charge on any atom is -0.496 e. The monoisotopic (exact) mass is 234 g/mol. The summed E-state index contributed by atoms with van der Waals surface area (Å²) in [6.07, 6.45) is 0. The van der Waals surface area contributed by atoms with E-state index in [0.29, 0.717) is 0 Å². The van der Waals surface area contributed by atoms with E-state index in [9.17, 15) is 4.79 Å². The van der Waals surface area contributed by atoms with Crippen molar-refractivity contribution in [3.05, 3.63) is 23.3 Å². The highest BCUT2D eigenvalue weighted by Crippen LogP contribution is 2.26. The lowest BCUT2D eigenvalue weighted by Crippen LogP contribution is -2.48. The summed E-state index contributed by atoms with van der Waals surface area (Å²) in [5, 5.41) is 6.06. The van der Waals surface area contributed by atoms with Crippen LogP contribution in [0.15, 0.2) is 12.1 Å². The van der Waals surface area contributed by atoms with Crippen LogP contribution in [-0.2, 0) is 4.79 Å². The van der Waals surface area contributed by atoms with Gasteiger partial charge in [0, 0.05) is 18.8 Å². The number of hydrogen-bond donors (Lipinski definition) is 2. The van der Waals surface area contributed by atoms with Gasteiger partial charge in [-0.15, -0.1) is 0 Å². The molecule has 0 spiro atoms. The van der Waals surface area contributed by atoms with Crippen LogP contribution in [0.4, 0.5) is 5.69 Å². The van der Waals surface area contributed by atoms with Crippen LogP contribution in [0.1, 0.15) is 11.1 Å². The molecule has 17 heavy (non-hydrogen) atoms. The molecule has 1 aromatic rings. The zero-order chi connectivity index (χ0) is 12.4. The first-order valence-corrected chi connectivity index (χ1v) is 5.78. The Morgan fingerprint density at radius 3 is 2.59 bits per heavy atom. The molecule has 1 aliphatic heterocycles. The molecule has 1 amide bonds. The third-order valence-electron chi connectivity index (χ3n) is 3.15. The van der Waals surface area contributed by atoms with Crippen LogP contribution < -0.4 is 15.4 Å². The Balaban J connectivity index is 2.15. The molecule has 92 valence electrons. The quantitative estimate of drug-likeness (QED) is 0.832. The minimum absolute atomic E-state index is 0.0939. The molecule has 4 heteroatoms. The van der Waals surface area contributed by atoms with Crippen molar-refractivity contribution in [2.45, 2.75) is 13.8 Å². The molecule has 0 radical (unpaired) electrons. The van der Waals surface area contributed by atoms with Crippen LogP contribution >= 0.6 is 0 Å². The molecule has 0 saturated carbocycles. The fourth-order valence-electron chi connectivity index (χ4n) is 1.85. The van der Waals surface area contributed by atoms with Crippen LogP contribution in [0, 0.1) is 19.8 Å². The molecule has 1 aromatic carbocycles. The number of rotatable bonds is 3. The lowest BCUT2D eigenvalue weighted by Gasteiger charge is -2.26. The molecule has 0 atom stereocenters. The first-order valence-electron chi connectivity index (χ1n) is 5.78. The van der Waals surface area contributed by atoms with Gasteiger partial charge in [0.25, 0.3) is 0 Å². The molecule has 1 fully saturated rings. The number of nitrogens with one attached hydrogen (secondary N) is 2. The van der Waals surface area contributed by atoms with Gasteiger partial charge in [0.1, 0.15) is 5.75 Å². The summed E-state index contributed by atoms with van der Waals surface area (Å²) < 4.78 is 5.24. The summed E-state index contributed by atoms with van der Waals surface area (Å²) >= 11 is 0. The molecule has 1 heterocycles. The molecule has 0 aliphatic carbocycles. The smallest absolute Gasteiger partial charge is 0.230 e. The Bertz CT molecular complexity index is 439. The van der Waals surface area contributed by atoms with Gasteiger partial charge in [-0.1, -0.05) is 0 Å². The third kappa shape index (κ3) is 2.42. The van der Waals surface area contributed by atoms with Gasteiger partial charge in [0.05, 0.1) is 13.0 Å². The van der Waals surface area contributed by atoms with Crippen LogP contribution in [0.2, 0.25) is 0 Å². The van der Waals surface area contributed by atoms with Gasteiger partial charge in [-0.05, 0) is 37.1 Å². The highest BCUT2D eigenvalue weighted by molar-refractivity contribution is 5.94. The van der Waals surface area contributed by atoms with Gasteiger partial charge in [-0.2, -0.15) is 0 Å². The second-order valence-corrected chi connectivity index (χ2v) is 4.48. The van der Waals surface area contributed by atoms with Crippen molar-refractivity contribution in [1.29, 1.82) is 0 Å². The van der Waals surface area contributed by atoms with Crippen molar-refractivity contribution in [2.75, 3.05) is 25.5 Å². The lowest BCUT2D eigenvalue weighted by atomic mass is 10.0. The number of amides is 1. The zero-order valence-electron chi connectivity index (χ0n) is 10.5. The summed E-state index contributed by atoms with van der Waals surface area (Å²) in [4.78, 5) is 11.8. The molecule has 2 rings (SSSR count). The van der Waals surface area contributed by atoms with Crippen molar-refractivity contribution in [2.24, 2.45) is 5.92 Å². The van der Waals surface area contributed by atoms with Gasteiger partial charge in [-0.3, -0.25) is 4.79 Å². The Labute approximate surface area is 101 Å². The zero-order valence-corrected chi connectivity index (χ0v) is 10.5. The number of carbonyl (C=O) groups is 1. The number of methoxy groups -OCH3 is 1. The van der Waals surface area contributed by atoms with E-state index in [4.69, 9.17) is 4.74 Å². The highest BCUT2D eigenvalue weighted by Gasteiger charge is 2.25. The number of aryl methyl sites for hydroxylation is 2. The van der Waals surface area contributed by atoms with Gasteiger partial charge in [0.2, 0.25) is 5.91 Å². The molecule has 0 bridgehead atoms. The third-order valence-corrected chi connectivity index (χ3v) is 3.15. The topological polar surface area (TPSA) is 50.4 Å². The summed E-state index contributed by atoms with van der Waals surface area (Å²) in [6.45, 7) is 5.50. The maximum Gasteiger partial charge on any atom is 0.230 e. The first kappa shape index (κ1) is 11.9. The lowest BCUT2D eigenvalue weighted by molar-refractivity contribution is -0.121. The van der Waals surface area contributed by atoms with E-state index >= 15 is 0 Å². The molecule has 1 aliphatic rings. The van der Waals surface area contributed by atoms with Gasteiger partial charge >= 0.3 is 0 Å². The van der Waals surface area contributed by atoms with Crippen LogP contribution in [0.3, 0.4) is 0 Å². The SMILES string of the molecule is COc1cc(C)c(NC(=O)C2CNC2)cc1C. The van der Waals surface area contributed by atoms with Crippen LogP contribution in [-0.4, -0.2) is 26.1 Å². The minimum atomic E-state index is 0.0939. The Kier molecular flexibility index (Phi) is 3.33. The number of hydrogen-bond acceptors (Lipinski definition) is 3. The van der Waals surface area contributed by atoms with Crippen LogP contribution in [0.25, 0.3) is 0 Å². The number of benzene rings is 1. The predicted molar refractivity (Wildman–Crippen MR) is 67.5 cm³/mol. The molecule has 2 N–H and O–H groups in total. The summed E-state index contributed by atoms with van der Waals surface area (Å²) in [5.41, 5.74) is 2.92. The fourth-order valence-corrected chi connectivity index (χ4v) is 1.85. The van der Waals surface area contributed by atoms with E-state index in [0.717, 1.165) is 35.7 Å². The summed E-state index contributed by atoms with van der Waals surface area (Å²) in [5.74, 6) is 1.05. The van der Waals surface area contributed by atoms with E-state index in [2.05, 4.69) is 10.6 Å². The van der Waals surface area contributed by atoms with E-state index in [1.165, 1.54) is 0 Å². The molecule has 0 aromatic heterocycles. The van der Waals surface area contributed by atoms with Crippen LogP contribution in [0.5, 0.6) is 5.75 Å². The van der Waals surface area contributed by atoms with Gasteiger partial charge in [0.15, 0.2) is 0 Å². The second kappa shape index (κ2) is 4.75.